The number of fused-ring (bicyclic) bond motifs is 2. The van der Waals surface area contributed by atoms with E-state index in [1.54, 1.807) is 29.6 Å². The maximum Gasteiger partial charge on any atom is 0.255 e. The van der Waals surface area contributed by atoms with Gasteiger partial charge in [0.05, 0.1) is 5.52 Å². The number of nitrogens with zero attached hydrogens (tertiary/aromatic N) is 3. The SMILES string of the molecule is C[C@H](C(=O)Nc1nccs1)N1Cc2ccc(-c3cccc4cccnc34)cc2C1=O. The number of thiazole rings is 1. The Kier molecular flexibility index (Phi) is 4.52. The summed E-state index contributed by atoms with van der Waals surface area (Å²) < 4.78 is 0. The summed E-state index contributed by atoms with van der Waals surface area (Å²) in [4.78, 5) is 35.9. The zero-order valence-corrected chi connectivity index (χ0v) is 17.0. The van der Waals surface area contributed by atoms with Crippen LogP contribution in [0.4, 0.5) is 5.13 Å². The van der Waals surface area contributed by atoms with E-state index >= 15 is 0 Å². The molecule has 0 aliphatic carbocycles. The third kappa shape index (κ3) is 3.13. The number of carbonyl (C=O) groups is 2. The average molecular weight is 414 g/mol. The minimum Gasteiger partial charge on any atom is -0.323 e. The highest BCUT2D eigenvalue weighted by molar-refractivity contribution is 7.13. The molecule has 30 heavy (non-hydrogen) atoms. The Morgan fingerprint density at radius 1 is 1.10 bits per heavy atom. The number of carbonyl (C=O) groups excluding carboxylic acids is 2. The van der Waals surface area contributed by atoms with Crippen LogP contribution in [0.2, 0.25) is 0 Å². The standard InChI is InChI=1S/C23H18N4O2S/c1-14(21(28)26-23-25-10-11-30-23)27-13-17-8-7-16(12-19(17)22(27)29)18-6-2-4-15-5-3-9-24-20(15)18/h2-12,14H,13H2,1H3,(H,25,26,28)/t14-/m1/s1. The van der Waals surface area contributed by atoms with Gasteiger partial charge in [-0.25, -0.2) is 4.98 Å². The second-order valence-electron chi connectivity index (χ2n) is 7.19. The highest BCUT2D eigenvalue weighted by Crippen LogP contribution is 2.32. The second-order valence-corrected chi connectivity index (χ2v) is 8.08. The van der Waals surface area contributed by atoms with Crippen molar-refractivity contribution < 1.29 is 9.59 Å². The molecule has 2 aromatic carbocycles. The number of hydrogen-bond acceptors (Lipinski definition) is 5. The number of rotatable bonds is 4. The minimum atomic E-state index is -0.600. The van der Waals surface area contributed by atoms with Crippen LogP contribution < -0.4 is 5.32 Å². The third-order valence-electron chi connectivity index (χ3n) is 5.39. The molecule has 4 aromatic rings. The molecule has 6 nitrogen and oxygen atoms in total. The Labute approximate surface area is 177 Å². The summed E-state index contributed by atoms with van der Waals surface area (Å²) >= 11 is 1.35. The van der Waals surface area contributed by atoms with E-state index in [9.17, 15) is 9.59 Å². The molecule has 0 saturated heterocycles. The van der Waals surface area contributed by atoms with Crippen molar-refractivity contribution in [1.82, 2.24) is 14.9 Å². The number of pyridine rings is 1. The van der Waals surface area contributed by atoms with Gasteiger partial charge in [-0.1, -0.05) is 36.4 Å². The van der Waals surface area contributed by atoms with Crippen LogP contribution in [0.3, 0.4) is 0 Å². The number of amides is 2. The van der Waals surface area contributed by atoms with E-state index in [1.165, 1.54) is 11.3 Å². The smallest absolute Gasteiger partial charge is 0.255 e. The molecule has 0 unspecified atom stereocenters. The van der Waals surface area contributed by atoms with E-state index in [0.29, 0.717) is 17.2 Å². The Balaban J connectivity index is 1.44. The first-order chi connectivity index (χ1) is 14.6. The lowest BCUT2D eigenvalue weighted by Gasteiger charge is -2.22. The van der Waals surface area contributed by atoms with Crippen LogP contribution in [-0.2, 0) is 11.3 Å². The van der Waals surface area contributed by atoms with Gasteiger partial charge in [-0.3, -0.25) is 14.6 Å². The Bertz CT molecular complexity index is 1260. The Hall–Kier alpha value is -3.58. The molecule has 1 atom stereocenters. The number of hydrogen-bond donors (Lipinski definition) is 1. The van der Waals surface area contributed by atoms with Gasteiger partial charge in [-0.05, 0) is 30.2 Å². The zero-order chi connectivity index (χ0) is 20.7. The van der Waals surface area contributed by atoms with E-state index in [1.807, 2.05) is 48.5 Å². The highest BCUT2D eigenvalue weighted by atomic mass is 32.1. The van der Waals surface area contributed by atoms with E-state index in [2.05, 4.69) is 15.3 Å². The van der Waals surface area contributed by atoms with Crippen molar-refractivity contribution in [1.29, 1.82) is 0 Å². The lowest BCUT2D eigenvalue weighted by atomic mass is 9.98. The van der Waals surface area contributed by atoms with Gasteiger partial charge < -0.3 is 10.2 Å². The van der Waals surface area contributed by atoms with Gasteiger partial charge in [0, 0.05) is 40.8 Å². The van der Waals surface area contributed by atoms with Crippen molar-refractivity contribution in [3.63, 3.8) is 0 Å². The summed E-state index contributed by atoms with van der Waals surface area (Å²) in [5.74, 6) is -0.383. The molecule has 148 valence electrons. The lowest BCUT2D eigenvalue weighted by Crippen LogP contribution is -2.42. The number of nitrogens with one attached hydrogen (secondary N) is 1. The lowest BCUT2D eigenvalue weighted by molar-refractivity contribution is -0.120. The van der Waals surface area contributed by atoms with Crippen molar-refractivity contribution in [3.8, 4) is 11.1 Å². The van der Waals surface area contributed by atoms with Crippen LogP contribution in [0.1, 0.15) is 22.8 Å². The van der Waals surface area contributed by atoms with E-state index in [-0.39, 0.29) is 11.8 Å². The van der Waals surface area contributed by atoms with Gasteiger partial charge >= 0.3 is 0 Å². The summed E-state index contributed by atoms with van der Waals surface area (Å²) in [6.07, 6.45) is 3.40. The Morgan fingerprint density at radius 2 is 1.97 bits per heavy atom. The quantitative estimate of drug-likeness (QED) is 0.539. The van der Waals surface area contributed by atoms with Gasteiger partial charge in [0.15, 0.2) is 5.13 Å². The minimum absolute atomic E-state index is 0.137. The number of benzene rings is 2. The summed E-state index contributed by atoms with van der Waals surface area (Å²) in [6.45, 7) is 2.15. The van der Waals surface area contributed by atoms with Crippen molar-refractivity contribution >= 4 is 39.2 Å². The molecule has 0 radical (unpaired) electrons. The van der Waals surface area contributed by atoms with Crippen LogP contribution in [0.5, 0.6) is 0 Å². The average Bonchev–Trinajstić information content (AvgIpc) is 3.40. The molecule has 0 spiro atoms. The van der Waals surface area contributed by atoms with Crippen LogP contribution in [0, 0.1) is 0 Å². The first kappa shape index (κ1) is 18.4. The van der Waals surface area contributed by atoms with Crippen molar-refractivity contribution in [2.45, 2.75) is 19.5 Å². The fourth-order valence-corrected chi connectivity index (χ4v) is 4.31. The number of para-hydroxylation sites is 1. The van der Waals surface area contributed by atoms with Gasteiger partial charge in [-0.2, -0.15) is 0 Å². The molecule has 5 rings (SSSR count). The topological polar surface area (TPSA) is 75.2 Å². The molecule has 0 bridgehead atoms. The molecular weight excluding hydrogens is 396 g/mol. The predicted octanol–water partition coefficient (Wildman–Crippen LogP) is 4.34. The molecule has 2 aromatic heterocycles. The third-order valence-corrected chi connectivity index (χ3v) is 6.08. The Morgan fingerprint density at radius 3 is 2.80 bits per heavy atom. The van der Waals surface area contributed by atoms with Gasteiger partial charge in [-0.15, -0.1) is 11.3 Å². The molecule has 1 aliphatic heterocycles. The largest absolute Gasteiger partial charge is 0.323 e. The van der Waals surface area contributed by atoms with Crippen LogP contribution in [0.25, 0.3) is 22.0 Å². The molecule has 7 heteroatoms. The molecule has 0 fully saturated rings. The summed E-state index contributed by atoms with van der Waals surface area (Å²) in [5, 5.41) is 6.14. The van der Waals surface area contributed by atoms with E-state index < -0.39 is 6.04 Å². The molecule has 2 amide bonds. The molecule has 1 N–H and O–H groups in total. The normalized spacial score (nSPS) is 14.0. The molecule has 1 aliphatic rings. The monoisotopic (exact) mass is 414 g/mol. The first-order valence-electron chi connectivity index (χ1n) is 9.60. The van der Waals surface area contributed by atoms with Crippen LogP contribution in [0.15, 0.2) is 66.3 Å². The summed E-state index contributed by atoms with van der Waals surface area (Å²) in [7, 11) is 0. The van der Waals surface area contributed by atoms with Gasteiger partial charge in [0.2, 0.25) is 5.91 Å². The predicted molar refractivity (Wildman–Crippen MR) is 117 cm³/mol. The summed E-state index contributed by atoms with van der Waals surface area (Å²) in [5.41, 5.74) is 4.38. The maximum atomic E-state index is 13.1. The zero-order valence-electron chi connectivity index (χ0n) is 16.2. The second kappa shape index (κ2) is 7.35. The maximum absolute atomic E-state index is 13.1. The summed E-state index contributed by atoms with van der Waals surface area (Å²) in [6, 6.07) is 15.3. The number of aromatic nitrogens is 2. The number of anilines is 1. The van der Waals surface area contributed by atoms with Gasteiger partial charge in [0.1, 0.15) is 6.04 Å². The molecule has 0 saturated carbocycles. The van der Waals surface area contributed by atoms with Crippen LogP contribution >= 0.6 is 11.3 Å². The molecular formula is C23H18N4O2S. The fraction of sp³-hybridized carbons (Fsp3) is 0.130. The van der Waals surface area contributed by atoms with Gasteiger partial charge in [0.25, 0.3) is 5.91 Å². The van der Waals surface area contributed by atoms with Crippen LogP contribution in [-0.4, -0.2) is 32.7 Å². The molecule has 3 heterocycles. The van der Waals surface area contributed by atoms with Crippen molar-refractivity contribution in [2.24, 2.45) is 0 Å². The fourth-order valence-electron chi connectivity index (χ4n) is 3.78. The first-order valence-corrected chi connectivity index (χ1v) is 10.5. The van der Waals surface area contributed by atoms with E-state index in [0.717, 1.165) is 27.6 Å². The highest BCUT2D eigenvalue weighted by Gasteiger charge is 2.34. The van der Waals surface area contributed by atoms with E-state index in [4.69, 9.17) is 0 Å². The van der Waals surface area contributed by atoms with Crippen molar-refractivity contribution in [3.05, 3.63) is 77.4 Å². The van der Waals surface area contributed by atoms with Crippen molar-refractivity contribution in [2.75, 3.05) is 5.32 Å².